The molecule has 25 heavy (non-hydrogen) atoms. The monoisotopic (exact) mass is 355 g/mol. The van der Waals surface area contributed by atoms with E-state index in [0.717, 1.165) is 28.8 Å². The number of nitrogens with one attached hydrogen (secondary N) is 1. The van der Waals surface area contributed by atoms with E-state index >= 15 is 0 Å². The Hall–Kier alpha value is -2.51. The van der Waals surface area contributed by atoms with Gasteiger partial charge < -0.3 is 14.6 Å². The first kappa shape index (κ1) is 16.0. The molecule has 1 aromatic carbocycles. The van der Waals surface area contributed by atoms with Crippen LogP contribution in [-0.2, 0) is 9.53 Å². The topological polar surface area (TPSA) is 77.2 Å². The molecule has 3 aromatic rings. The van der Waals surface area contributed by atoms with Crippen LogP contribution in [0, 0.1) is 6.92 Å². The van der Waals surface area contributed by atoms with Crippen LogP contribution < -0.4 is 5.32 Å². The van der Waals surface area contributed by atoms with Crippen molar-refractivity contribution >= 4 is 22.9 Å². The van der Waals surface area contributed by atoms with Crippen molar-refractivity contribution in [3.63, 3.8) is 0 Å². The zero-order valence-electron chi connectivity index (χ0n) is 13.7. The van der Waals surface area contributed by atoms with Gasteiger partial charge in [-0.2, -0.15) is 4.98 Å². The smallest absolute Gasteiger partial charge is 0.270 e. The minimum atomic E-state index is -0.377. The molecule has 1 saturated heterocycles. The summed E-state index contributed by atoms with van der Waals surface area (Å²) in [5, 5.41) is 8.86. The third-order valence-corrected chi connectivity index (χ3v) is 4.94. The largest absolute Gasteiger partial charge is 0.368 e. The van der Waals surface area contributed by atoms with Crippen LogP contribution in [0.15, 0.2) is 40.2 Å². The molecule has 1 fully saturated rings. The van der Waals surface area contributed by atoms with Gasteiger partial charge in [0.25, 0.3) is 11.8 Å². The minimum Gasteiger partial charge on any atom is -0.368 e. The second-order valence-corrected chi connectivity index (χ2v) is 6.86. The predicted octanol–water partition coefficient (Wildman–Crippen LogP) is 3.89. The number of thiophene rings is 1. The number of hydrogen-bond donors (Lipinski definition) is 1. The van der Waals surface area contributed by atoms with Crippen molar-refractivity contribution in [1.82, 2.24) is 10.1 Å². The number of carbonyl (C=O) groups is 1. The van der Waals surface area contributed by atoms with Crippen LogP contribution in [0.4, 0.5) is 5.69 Å². The van der Waals surface area contributed by atoms with Gasteiger partial charge in [0.15, 0.2) is 0 Å². The molecule has 1 aliphatic rings. The van der Waals surface area contributed by atoms with Crippen molar-refractivity contribution in [1.29, 1.82) is 0 Å². The highest BCUT2D eigenvalue weighted by molar-refractivity contribution is 7.14. The highest BCUT2D eigenvalue weighted by Gasteiger charge is 2.25. The van der Waals surface area contributed by atoms with E-state index in [1.165, 1.54) is 11.3 Å². The Balaban J connectivity index is 1.57. The van der Waals surface area contributed by atoms with E-state index in [2.05, 4.69) is 15.5 Å². The van der Waals surface area contributed by atoms with Gasteiger partial charge >= 0.3 is 0 Å². The van der Waals surface area contributed by atoms with Gasteiger partial charge in [0.1, 0.15) is 11.0 Å². The number of aromatic nitrogens is 2. The van der Waals surface area contributed by atoms with Gasteiger partial charge in [0, 0.05) is 12.2 Å². The molecular weight excluding hydrogens is 338 g/mol. The molecule has 0 bridgehead atoms. The molecule has 0 unspecified atom stereocenters. The van der Waals surface area contributed by atoms with E-state index in [1.54, 1.807) is 0 Å². The quantitative estimate of drug-likeness (QED) is 0.768. The molecule has 0 aliphatic carbocycles. The first-order valence-electron chi connectivity index (χ1n) is 8.12. The first-order chi connectivity index (χ1) is 12.2. The zero-order chi connectivity index (χ0) is 17.2. The van der Waals surface area contributed by atoms with Crippen LogP contribution in [0.2, 0.25) is 0 Å². The van der Waals surface area contributed by atoms with Crippen molar-refractivity contribution in [3.05, 3.63) is 41.3 Å². The standard InChI is InChI=1S/C18H17N3O3S/c1-11-4-2-5-12(10-11)16-20-18(24-21-16)15-13(7-9-25-15)19-17(22)14-6-3-8-23-14/h2,4-5,7,9-10,14H,3,6,8H2,1H3,(H,19,22)/t14-/m1/s1. The molecule has 0 radical (unpaired) electrons. The summed E-state index contributed by atoms with van der Waals surface area (Å²) in [4.78, 5) is 17.5. The second-order valence-electron chi connectivity index (χ2n) is 5.95. The number of aryl methyl sites for hydroxylation is 1. The van der Waals surface area contributed by atoms with Gasteiger partial charge in [0.2, 0.25) is 5.82 Å². The Morgan fingerprint density at radius 2 is 2.28 bits per heavy atom. The first-order valence-corrected chi connectivity index (χ1v) is 9.00. The number of benzene rings is 1. The van der Waals surface area contributed by atoms with Crippen LogP contribution in [0.3, 0.4) is 0 Å². The Morgan fingerprint density at radius 3 is 3.08 bits per heavy atom. The van der Waals surface area contributed by atoms with Crippen molar-refractivity contribution in [2.75, 3.05) is 11.9 Å². The maximum atomic E-state index is 12.3. The minimum absolute atomic E-state index is 0.129. The summed E-state index contributed by atoms with van der Waals surface area (Å²) in [7, 11) is 0. The number of nitrogens with zero attached hydrogens (tertiary/aromatic N) is 2. The molecule has 128 valence electrons. The van der Waals surface area contributed by atoms with E-state index in [9.17, 15) is 4.79 Å². The molecule has 7 heteroatoms. The van der Waals surface area contributed by atoms with Gasteiger partial charge in [-0.15, -0.1) is 11.3 Å². The number of anilines is 1. The number of ether oxygens (including phenoxy) is 1. The SMILES string of the molecule is Cc1cccc(-c2noc(-c3sccc3NC(=O)[C@H]3CCCO3)n2)c1. The summed E-state index contributed by atoms with van der Waals surface area (Å²) in [5.41, 5.74) is 2.70. The fourth-order valence-electron chi connectivity index (χ4n) is 2.79. The molecule has 2 aromatic heterocycles. The molecule has 0 spiro atoms. The van der Waals surface area contributed by atoms with E-state index in [1.807, 2.05) is 42.6 Å². The lowest BCUT2D eigenvalue weighted by molar-refractivity contribution is -0.124. The van der Waals surface area contributed by atoms with Crippen molar-refractivity contribution in [2.45, 2.75) is 25.9 Å². The molecule has 6 nitrogen and oxygen atoms in total. The van der Waals surface area contributed by atoms with Gasteiger partial charge in [-0.1, -0.05) is 28.9 Å². The number of amides is 1. The van der Waals surface area contributed by atoms with Crippen LogP contribution in [0.1, 0.15) is 18.4 Å². The maximum absolute atomic E-state index is 12.3. The van der Waals surface area contributed by atoms with E-state index in [4.69, 9.17) is 9.26 Å². The van der Waals surface area contributed by atoms with Crippen molar-refractivity contribution < 1.29 is 14.1 Å². The van der Waals surface area contributed by atoms with Crippen LogP contribution >= 0.6 is 11.3 Å². The Kier molecular flexibility index (Phi) is 4.33. The molecule has 1 amide bonds. The Bertz CT molecular complexity index is 896. The Morgan fingerprint density at radius 1 is 1.36 bits per heavy atom. The predicted molar refractivity (Wildman–Crippen MR) is 95.4 cm³/mol. The average molecular weight is 355 g/mol. The molecule has 1 N–H and O–H groups in total. The van der Waals surface area contributed by atoms with Crippen LogP contribution in [0.5, 0.6) is 0 Å². The van der Waals surface area contributed by atoms with Crippen LogP contribution in [0.25, 0.3) is 22.2 Å². The summed E-state index contributed by atoms with van der Waals surface area (Å²) in [6, 6.07) is 9.75. The molecule has 1 aliphatic heterocycles. The highest BCUT2D eigenvalue weighted by atomic mass is 32.1. The number of rotatable bonds is 4. The number of carbonyl (C=O) groups excluding carboxylic acids is 1. The van der Waals surface area contributed by atoms with E-state index in [-0.39, 0.29) is 12.0 Å². The Labute approximate surface area is 148 Å². The summed E-state index contributed by atoms with van der Waals surface area (Å²) >= 11 is 1.45. The van der Waals surface area contributed by atoms with Gasteiger partial charge in [-0.05, 0) is 37.3 Å². The summed E-state index contributed by atoms with van der Waals surface area (Å²) in [6.45, 7) is 2.65. The maximum Gasteiger partial charge on any atom is 0.270 e. The fourth-order valence-corrected chi connectivity index (χ4v) is 3.56. The fraction of sp³-hybridized carbons (Fsp3) is 0.278. The average Bonchev–Trinajstić information content (AvgIpc) is 3.36. The van der Waals surface area contributed by atoms with Crippen LogP contribution in [-0.4, -0.2) is 28.8 Å². The molecule has 1 atom stereocenters. The summed E-state index contributed by atoms with van der Waals surface area (Å²) in [5.74, 6) is 0.799. The van der Waals surface area contributed by atoms with Crippen molar-refractivity contribution in [3.8, 4) is 22.2 Å². The summed E-state index contributed by atoms with van der Waals surface area (Å²) < 4.78 is 10.8. The molecular formula is C18H17N3O3S. The van der Waals surface area contributed by atoms with E-state index < -0.39 is 0 Å². The van der Waals surface area contributed by atoms with Gasteiger partial charge in [-0.3, -0.25) is 4.79 Å². The molecule has 0 saturated carbocycles. The third kappa shape index (κ3) is 3.33. The summed E-state index contributed by atoms with van der Waals surface area (Å²) in [6.07, 6.45) is 1.29. The lowest BCUT2D eigenvalue weighted by Gasteiger charge is -2.09. The number of hydrogen-bond acceptors (Lipinski definition) is 6. The van der Waals surface area contributed by atoms with Gasteiger partial charge in [0.05, 0.1) is 5.69 Å². The molecule has 3 heterocycles. The lowest BCUT2D eigenvalue weighted by atomic mass is 10.1. The van der Waals surface area contributed by atoms with Crippen molar-refractivity contribution in [2.24, 2.45) is 0 Å². The second kappa shape index (κ2) is 6.78. The lowest BCUT2D eigenvalue weighted by Crippen LogP contribution is -2.26. The third-order valence-electron chi connectivity index (χ3n) is 4.04. The normalized spacial score (nSPS) is 16.9. The zero-order valence-corrected chi connectivity index (χ0v) is 14.5. The molecule has 4 rings (SSSR count). The highest BCUT2D eigenvalue weighted by Crippen LogP contribution is 2.34. The van der Waals surface area contributed by atoms with E-state index in [0.29, 0.717) is 24.0 Å². The van der Waals surface area contributed by atoms with Gasteiger partial charge in [-0.25, -0.2) is 0 Å².